The van der Waals surface area contributed by atoms with Crippen LogP contribution in [0.3, 0.4) is 0 Å². The molecular formula is C18H32IN3O. The van der Waals surface area contributed by atoms with Gasteiger partial charge >= 0.3 is 0 Å². The molecule has 2 N–H and O–H groups in total. The van der Waals surface area contributed by atoms with Gasteiger partial charge in [0.05, 0.1) is 13.2 Å². The molecule has 23 heavy (non-hydrogen) atoms. The summed E-state index contributed by atoms with van der Waals surface area (Å²) in [4.78, 5) is 4.64. The van der Waals surface area contributed by atoms with Crippen molar-refractivity contribution in [3.8, 4) is 0 Å². The van der Waals surface area contributed by atoms with E-state index in [9.17, 15) is 0 Å². The number of guanidine groups is 1. The molecule has 0 saturated heterocycles. The first kappa shape index (κ1) is 22.2. The lowest BCUT2D eigenvalue weighted by molar-refractivity contribution is 0.0945. The molecule has 0 spiro atoms. The summed E-state index contributed by atoms with van der Waals surface area (Å²) in [6, 6.07) is 10.7. The molecule has 0 fully saturated rings. The molecule has 1 aromatic rings. The van der Waals surface area contributed by atoms with Crippen molar-refractivity contribution in [3.05, 3.63) is 35.9 Å². The highest BCUT2D eigenvalue weighted by Crippen LogP contribution is 2.03. The molecule has 0 radical (unpaired) electrons. The zero-order valence-corrected chi connectivity index (χ0v) is 17.2. The zero-order chi connectivity index (χ0) is 16.2. The third-order valence-electron chi connectivity index (χ3n) is 3.41. The lowest BCUT2D eigenvalue weighted by atomic mass is 10.2. The highest BCUT2D eigenvalue weighted by atomic mass is 127. The molecule has 0 aliphatic heterocycles. The SMILES string of the molecule is CCNC(=NCC(C)COCc1ccccc1)NC(C)CC.I. The number of nitrogens with one attached hydrogen (secondary N) is 2. The van der Waals surface area contributed by atoms with Crippen molar-refractivity contribution in [1.29, 1.82) is 0 Å². The maximum absolute atomic E-state index is 5.77. The summed E-state index contributed by atoms with van der Waals surface area (Å²) >= 11 is 0. The molecule has 0 bridgehead atoms. The molecule has 2 unspecified atom stereocenters. The summed E-state index contributed by atoms with van der Waals surface area (Å²) < 4.78 is 5.77. The van der Waals surface area contributed by atoms with Crippen molar-refractivity contribution in [3.63, 3.8) is 0 Å². The Labute approximate surface area is 158 Å². The van der Waals surface area contributed by atoms with Crippen LogP contribution < -0.4 is 10.6 Å². The third-order valence-corrected chi connectivity index (χ3v) is 3.41. The minimum atomic E-state index is 0. The van der Waals surface area contributed by atoms with Crippen molar-refractivity contribution >= 4 is 29.9 Å². The minimum absolute atomic E-state index is 0. The van der Waals surface area contributed by atoms with Gasteiger partial charge in [0, 0.05) is 19.1 Å². The molecule has 0 aliphatic carbocycles. The Morgan fingerprint density at radius 2 is 1.87 bits per heavy atom. The number of ether oxygens (including phenoxy) is 1. The summed E-state index contributed by atoms with van der Waals surface area (Å²) in [5, 5.41) is 6.69. The van der Waals surface area contributed by atoms with Crippen LogP contribution in [-0.4, -0.2) is 31.7 Å². The van der Waals surface area contributed by atoms with Gasteiger partial charge in [0.2, 0.25) is 0 Å². The van der Waals surface area contributed by atoms with E-state index in [1.165, 1.54) is 5.56 Å². The number of aliphatic imine (C=N–C) groups is 1. The van der Waals surface area contributed by atoms with E-state index in [4.69, 9.17) is 4.74 Å². The maximum atomic E-state index is 5.77. The van der Waals surface area contributed by atoms with Crippen LogP contribution in [0.5, 0.6) is 0 Å². The molecule has 0 aliphatic rings. The van der Waals surface area contributed by atoms with E-state index in [0.717, 1.165) is 32.1 Å². The number of benzene rings is 1. The van der Waals surface area contributed by atoms with Crippen LogP contribution >= 0.6 is 24.0 Å². The van der Waals surface area contributed by atoms with E-state index in [1.807, 2.05) is 18.2 Å². The van der Waals surface area contributed by atoms with Crippen molar-refractivity contribution in [2.45, 2.75) is 46.8 Å². The molecule has 5 heteroatoms. The second-order valence-corrected chi connectivity index (χ2v) is 5.78. The van der Waals surface area contributed by atoms with E-state index < -0.39 is 0 Å². The van der Waals surface area contributed by atoms with E-state index in [-0.39, 0.29) is 24.0 Å². The van der Waals surface area contributed by atoms with Crippen molar-refractivity contribution in [2.75, 3.05) is 19.7 Å². The summed E-state index contributed by atoms with van der Waals surface area (Å²) in [5.74, 6) is 1.29. The first-order valence-electron chi connectivity index (χ1n) is 8.32. The van der Waals surface area contributed by atoms with Gasteiger partial charge in [-0.25, -0.2) is 0 Å². The van der Waals surface area contributed by atoms with E-state index in [2.05, 4.69) is 55.5 Å². The molecular weight excluding hydrogens is 401 g/mol. The molecule has 0 heterocycles. The quantitative estimate of drug-likeness (QED) is 0.354. The molecule has 132 valence electrons. The number of rotatable bonds is 9. The van der Waals surface area contributed by atoms with E-state index in [0.29, 0.717) is 18.6 Å². The highest BCUT2D eigenvalue weighted by Gasteiger charge is 2.05. The Kier molecular flexibility index (Phi) is 13.1. The Hall–Kier alpha value is -0.820. The number of nitrogens with zero attached hydrogens (tertiary/aromatic N) is 1. The zero-order valence-electron chi connectivity index (χ0n) is 14.8. The van der Waals surface area contributed by atoms with E-state index in [1.54, 1.807) is 0 Å². The molecule has 4 nitrogen and oxygen atoms in total. The van der Waals surface area contributed by atoms with Crippen molar-refractivity contribution < 1.29 is 4.74 Å². The Morgan fingerprint density at radius 1 is 1.17 bits per heavy atom. The van der Waals surface area contributed by atoms with Crippen LogP contribution in [0.15, 0.2) is 35.3 Å². The minimum Gasteiger partial charge on any atom is -0.376 e. The number of hydrogen-bond donors (Lipinski definition) is 2. The second-order valence-electron chi connectivity index (χ2n) is 5.78. The van der Waals surface area contributed by atoms with Crippen molar-refractivity contribution in [2.24, 2.45) is 10.9 Å². The largest absolute Gasteiger partial charge is 0.376 e. The van der Waals surface area contributed by atoms with E-state index >= 15 is 0 Å². The van der Waals surface area contributed by atoms with Crippen LogP contribution in [-0.2, 0) is 11.3 Å². The second kappa shape index (κ2) is 13.6. The number of halogens is 1. The van der Waals surface area contributed by atoms with Crippen LogP contribution in [0, 0.1) is 5.92 Å². The summed E-state index contributed by atoms with van der Waals surface area (Å²) in [6.45, 7) is 11.6. The average molecular weight is 433 g/mol. The summed E-state index contributed by atoms with van der Waals surface area (Å²) in [6.07, 6.45) is 1.08. The Bertz CT molecular complexity index is 426. The lowest BCUT2D eigenvalue weighted by Crippen LogP contribution is -2.42. The van der Waals surface area contributed by atoms with Crippen LogP contribution in [0.1, 0.15) is 39.7 Å². The van der Waals surface area contributed by atoms with Gasteiger partial charge in [-0.1, -0.05) is 44.2 Å². The first-order chi connectivity index (χ1) is 10.7. The fourth-order valence-corrected chi connectivity index (χ4v) is 1.91. The van der Waals surface area contributed by atoms with Gasteiger partial charge in [-0.2, -0.15) is 0 Å². The third kappa shape index (κ3) is 10.5. The Balaban J connectivity index is 0.00000484. The Morgan fingerprint density at radius 3 is 2.48 bits per heavy atom. The fourth-order valence-electron chi connectivity index (χ4n) is 1.91. The van der Waals surface area contributed by atoms with Gasteiger partial charge in [0.25, 0.3) is 0 Å². The summed E-state index contributed by atoms with van der Waals surface area (Å²) in [5.41, 5.74) is 1.21. The monoisotopic (exact) mass is 433 g/mol. The first-order valence-corrected chi connectivity index (χ1v) is 8.32. The van der Waals surface area contributed by atoms with Gasteiger partial charge < -0.3 is 15.4 Å². The highest BCUT2D eigenvalue weighted by molar-refractivity contribution is 14.0. The van der Waals surface area contributed by atoms with Crippen LogP contribution in [0.2, 0.25) is 0 Å². The lowest BCUT2D eigenvalue weighted by Gasteiger charge is -2.17. The van der Waals surface area contributed by atoms with Gasteiger partial charge in [-0.05, 0) is 31.7 Å². The van der Waals surface area contributed by atoms with Crippen molar-refractivity contribution in [1.82, 2.24) is 10.6 Å². The molecule has 0 saturated carbocycles. The fraction of sp³-hybridized carbons (Fsp3) is 0.611. The van der Waals surface area contributed by atoms with Gasteiger partial charge in [-0.3, -0.25) is 4.99 Å². The topological polar surface area (TPSA) is 45.7 Å². The maximum Gasteiger partial charge on any atom is 0.191 e. The number of hydrogen-bond acceptors (Lipinski definition) is 2. The van der Waals surface area contributed by atoms with Gasteiger partial charge in [0.1, 0.15) is 0 Å². The standard InChI is InChI=1S/C18H31N3O.HI/c1-5-16(4)21-18(19-6-2)20-12-15(3)13-22-14-17-10-8-7-9-11-17;/h7-11,15-16H,5-6,12-14H2,1-4H3,(H2,19,20,21);1H. The average Bonchev–Trinajstić information content (AvgIpc) is 2.53. The molecule has 0 amide bonds. The van der Waals surface area contributed by atoms with Gasteiger partial charge in [-0.15, -0.1) is 24.0 Å². The van der Waals surface area contributed by atoms with Crippen LogP contribution in [0.4, 0.5) is 0 Å². The predicted molar refractivity (Wildman–Crippen MR) is 110 cm³/mol. The van der Waals surface area contributed by atoms with Crippen LogP contribution in [0.25, 0.3) is 0 Å². The molecule has 1 rings (SSSR count). The molecule has 2 atom stereocenters. The smallest absolute Gasteiger partial charge is 0.191 e. The molecule has 0 aromatic heterocycles. The predicted octanol–water partition coefficient (Wildman–Crippen LogP) is 3.81. The molecule has 1 aromatic carbocycles. The normalized spacial score (nSPS) is 13.8. The van der Waals surface area contributed by atoms with Gasteiger partial charge in [0.15, 0.2) is 5.96 Å². The summed E-state index contributed by atoms with van der Waals surface area (Å²) in [7, 11) is 0.